The Morgan fingerprint density at radius 1 is 1.03 bits per heavy atom. The van der Waals surface area contributed by atoms with Crippen molar-refractivity contribution in [2.45, 2.75) is 45.2 Å². The van der Waals surface area contributed by atoms with Crippen molar-refractivity contribution >= 4 is 17.1 Å². The Kier molecular flexibility index (Phi) is 6.00. The van der Waals surface area contributed by atoms with Crippen LogP contribution in [0.4, 0.5) is 5.69 Å². The van der Waals surface area contributed by atoms with Crippen LogP contribution in [0, 0.1) is 5.92 Å². The van der Waals surface area contributed by atoms with E-state index in [1.165, 1.54) is 22.4 Å². The Morgan fingerprint density at radius 2 is 1.78 bits per heavy atom. The molecule has 0 bridgehead atoms. The number of carbonyl (C=O) groups excluding carboxylic acids is 1. The van der Waals surface area contributed by atoms with E-state index < -0.39 is 0 Å². The number of hydrogen-bond acceptors (Lipinski definition) is 5. The summed E-state index contributed by atoms with van der Waals surface area (Å²) in [6, 6.07) is 14.0. The molecule has 1 N–H and O–H groups in total. The highest BCUT2D eigenvalue weighted by Crippen LogP contribution is 2.33. The molecular formula is C29H38N6O. The van der Waals surface area contributed by atoms with E-state index in [-0.39, 0.29) is 5.54 Å². The number of fused-ring (bicyclic) bond motifs is 1. The second kappa shape index (κ2) is 9.20. The van der Waals surface area contributed by atoms with Gasteiger partial charge in [0.15, 0.2) is 0 Å². The summed E-state index contributed by atoms with van der Waals surface area (Å²) in [6.45, 7) is 13.4. The molecule has 36 heavy (non-hydrogen) atoms. The molecule has 2 aromatic heterocycles. The van der Waals surface area contributed by atoms with Gasteiger partial charge in [-0.1, -0.05) is 24.3 Å². The van der Waals surface area contributed by atoms with Crippen molar-refractivity contribution < 1.29 is 4.79 Å². The third kappa shape index (κ3) is 4.39. The summed E-state index contributed by atoms with van der Waals surface area (Å²) in [5.41, 5.74) is 5.98. The smallest absolute Gasteiger partial charge is 0.225 e. The minimum Gasteiger partial charge on any atom is -0.366 e. The SMILES string of the molecule is CC(C)N1CCN[C@@](C)(c2ccc(-c3cc4c(N5CCN(C(=O)C6CC6)CC5)ccnn4c3)cc2)C1. The monoisotopic (exact) mass is 486 g/mol. The molecule has 190 valence electrons. The first-order valence-electron chi connectivity index (χ1n) is 13.5. The van der Waals surface area contributed by atoms with Crippen molar-refractivity contribution in [1.82, 2.24) is 24.7 Å². The van der Waals surface area contributed by atoms with E-state index in [1.54, 1.807) is 0 Å². The first-order chi connectivity index (χ1) is 17.4. The average Bonchev–Trinajstić information content (AvgIpc) is 3.66. The van der Waals surface area contributed by atoms with Crippen molar-refractivity contribution in [3.8, 4) is 11.1 Å². The second-order valence-electron chi connectivity index (χ2n) is 11.3. The van der Waals surface area contributed by atoms with Gasteiger partial charge < -0.3 is 15.1 Å². The molecule has 0 radical (unpaired) electrons. The molecular weight excluding hydrogens is 448 g/mol. The number of piperazine rings is 2. The molecule has 3 aromatic rings. The number of amides is 1. The fourth-order valence-corrected chi connectivity index (χ4v) is 5.86. The van der Waals surface area contributed by atoms with Gasteiger partial charge in [-0.15, -0.1) is 0 Å². The molecule has 4 heterocycles. The summed E-state index contributed by atoms with van der Waals surface area (Å²) < 4.78 is 1.99. The predicted octanol–water partition coefficient (Wildman–Crippen LogP) is 3.59. The number of carbonyl (C=O) groups is 1. The van der Waals surface area contributed by atoms with Gasteiger partial charge in [-0.05, 0) is 56.9 Å². The average molecular weight is 487 g/mol. The molecule has 2 saturated heterocycles. The lowest BCUT2D eigenvalue weighted by molar-refractivity contribution is -0.132. The third-order valence-electron chi connectivity index (χ3n) is 8.36. The van der Waals surface area contributed by atoms with Crippen LogP contribution in [0.2, 0.25) is 0 Å². The fourth-order valence-electron chi connectivity index (χ4n) is 5.86. The number of nitrogens with zero attached hydrogens (tertiary/aromatic N) is 5. The molecule has 0 spiro atoms. The van der Waals surface area contributed by atoms with Gasteiger partial charge in [0.05, 0.1) is 16.7 Å². The Balaban J connectivity index is 1.20. The molecule has 1 amide bonds. The van der Waals surface area contributed by atoms with Gasteiger partial charge in [0, 0.05) is 75.7 Å². The second-order valence-corrected chi connectivity index (χ2v) is 11.3. The summed E-state index contributed by atoms with van der Waals surface area (Å²) in [5.74, 6) is 0.659. The van der Waals surface area contributed by atoms with E-state index in [0.29, 0.717) is 17.9 Å². The zero-order valence-corrected chi connectivity index (χ0v) is 21.8. The summed E-state index contributed by atoms with van der Waals surface area (Å²) in [5, 5.41) is 8.35. The number of aromatic nitrogens is 2. The summed E-state index contributed by atoms with van der Waals surface area (Å²) in [7, 11) is 0. The summed E-state index contributed by atoms with van der Waals surface area (Å²) in [4.78, 5) is 19.5. The highest BCUT2D eigenvalue weighted by Gasteiger charge is 2.35. The lowest BCUT2D eigenvalue weighted by Crippen LogP contribution is -2.58. The van der Waals surface area contributed by atoms with E-state index in [2.05, 4.69) is 88.5 Å². The van der Waals surface area contributed by atoms with Gasteiger partial charge in [0.1, 0.15) is 0 Å². The Hall–Kier alpha value is -2.90. The molecule has 7 nitrogen and oxygen atoms in total. The molecule has 3 fully saturated rings. The van der Waals surface area contributed by atoms with Crippen LogP contribution in [0.1, 0.15) is 39.2 Å². The fraction of sp³-hybridized carbons (Fsp3) is 0.517. The minimum atomic E-state index is -0.0374. The van der Waals surface area contributed by atoms with Crippen molar-refractivity contribution in [3.63, 3.8) is 0 Å². The molecule has 2 aliphatic heterocycles. The maximum Gasteiger partial charge on any atom is 0.225 e. The largest absolute Gasteiger partial charge is 0.366 e. The van der Waals surface area contributed by atoms with Crippen LogP contribution >= 0.6 is 0 Å². The molecule has 1 saturated carbocycles. The van der Waals surface area contributed by atoms with E-state index in [1.807, 2.05) is 10.7 Å². The Bertz CT molecular complexity index is 1240. The van der Waals surface area contributed by atoms with Crippen molar-refractivity contribution in [3.05, 3.63) is 54.4 Å². The van der Waals surface area contributed by atoms with Crippen molar-refractivity contribution in [2.75, 3.05) is 50.7 Å². The van der Waals surface area contributed by atoms with Crippen LogP contribution in [-0.2, 0) is 10.3 Å². The maximum absolute atomic E-state index is 12.5. The molecule has 7 heteroatoms. The van der Waals surface area contributed by atoms with Gasteiger partial charge in [-0.2, -0.15) is 5.10 Å². The standard InChI is InChI=1S/C29H38N6O/c1-21(2)34-13-12-30-29(3,20-34)25-8-6-22(7-9-25)24-18-27-26(10-11-31-35(27)19-24)32-14-16-33(17-15-32)28(36)23-4-5-23/h6-11,18-19,21,23,30H,4-5,12-17,20H2,1-3H3/t29-/m1/s1. The highest BCUT2D eigenvalue weighted by molar-refractivity contribution is 5.82. The minimum absolute atomic E-state index is 0.0374. The maximum atomic E-state index is 12.5. The Labute approximate surface area is 214 Å². The van der Waals surface area contributed by atoms with Gasteiger partial charge in [0.25, 0.3) is 0 Å². The molecule has 0 unspecified atom stereocenters. The van der Waals surface area contributed by atoms with Crippen LogP contribution in [0.15, 0.2) is 48.8 Å². The van der Waals surface area contributed by atoms with E-state index in [9.17, 15) is 4.79 Å². The first kappa shape index (κ1) is 23.5. The molecule has 1 atom stereocenters. The van der Waals surface area contributed by atoms with E-state index >= 15 is 0 Å². The van der Waals surface area contributed by atoms with Crippen LogP contribution in [0.25, 0.3) is 16.6 Å². The van der Waals surface area contributed by atoms with Gasteiger partial charge in [-0.25, -0.2) is 4.52 Å². The normalized spacial score (nSPS) is 23.6. The number of nitrogens with one attached hydrogen (secondary N) is 1. The van der Waals surface area contributed by atoms with Crippen LogP contribution < -0.4 is 10.2 Å². The first-order valence-corrected chi connectivity index (χ1v) is 13.5. The molecule has 1 aliphatic carbocycles. The van der Waals surface area contributed by atoms with Gasteiger partial charge >= 0.3 is 0 Å². The van der Waals surface area contributed by atoms with Gasteiger partial charge in [-0.3, -0.25) is 9.69 Å². The number of hydrogen-bond donors (Lipinski definition) is 1. The number of rotatable bonds is 5. The predicted molar refractivity (Wildman–Crippen MR) is 144 cm³/mol. The van der Waals surface area contributed by atoms with E-state index in [0.717, 1.165) is 64.2 Å². The van der Waals surface area contributed by atoms with Crippen LogP contribution in [0.5, 0.6) is 0 Å². The molecule has 1 aromatic carbocycles. The highest BCUT2D eigenvalue weighted by atomic mass is 16.2. The van der Waals surface area contributed by atoms with Crippen LogP contribution in [0.3, 0.4) is 0 Å². The zero-order chi connectivity index (χ0) is 24.9. The Morgan fingerprint density at radius 3 is 2.47 bits per heavy atom. The number of anilines is 1. The van der Waals surface area contributed by atoms with Crippen molar-refractivity contribution in [1.29, 1.82) is 0 Å². The summed E-state index contributed by atoms with van der Waals surface area (Å²) in [6.07, 6.45) is 6.16. The topological polar surface area (TPSA) is 56.1 Å². The molecule has 6 rings (SSSR count). The van der Waals surface area contributed by atoms with E-state index in [4.69, 9.17) is 0 Å². The quantitative estimate of drug-likeness (QED) is 0.597. The van der Waals surface area contributed by atoms with Crippen LogP contribution in [-0.4, -0.2) is 77.2 Å². The number of benzene rings is 1. The summed E-state index contributed by atoms with van der Waals surface area (Å²) >= 11 is 0. The lowest BCUT2D eigenvalue weighted by atomic mass is 9.88. The third-order valence-corrected chi connectivity index (χ3v) is 8.36. The van der Waals surface area contributed by atoms with Gasteiger partial charge in [0.2, 0.25) is 5.91 Å². The lowest BCUT2D eigenvalue weighted by Gasteiger charge is -2.43. The molecule has 3 aliphatic rings. The van der Waals surface area contributed by atoms with Crippen molar-refractivity contribution in [2.24, 2.45) is 5.92 Å². The zero-order valence-electron chi connectivity index (χ0n) is 21.8.